The molecule has 1 aromatic rings. The SMILES string of the molecule is COC(=O)CC(C#N)c1ccc(OC)cc1. The average Bonchev–Trinajstić information content (AvgIpc) is 2.35. The third kappa shape index (κ3) is 2.99. The molecule has 4 heteroatoms. The standard InChI is InChI=1S/C12H13NO3/c1-15-11-5-3-9(4-6-11)10(8-13)7-12(14)16-2/h3-6,10H,7H2,1-2H3. The van der Waals surface area contributed by atoms with Crippen molar-refractivity contribution in [1.29, 1.82) is 5.26 Å². The molecule has 0 aromatic heterocycles. The molecule has 0 N–H and O–H groups in total. The molecule has 0 bridgehead atoms. The van der Waals surface area contributed by atoms with Crippen LogP contribution < -0.4 is 4.74 Å². The second-order valence-electron chi connectivity index (χ2n) is 3.24. The summed E-state index contributed by atoms with van der Waals surface area (Å²) in [5.74, 6) is -0.140. The number of rotatable bonds is 4. The second-order valence-corrected chi connectivity index (χ2v) is 3.24. The van der Waals surface area contributed by atoms with Crippen molar-refractivity contribution in [3.05, 3.63) is 29.8 Å². The van der Waals surface area contributed by atoms with Crippen molar-refractivity contribution >= 4 is 5.97 Å². The van der Waals surface area contributed by atoms with Gasteiger partial charge in [0.1, 0.15) is 5.75 Å². The summed E-state index contributed by atoms with van der Waals surface area (Å²) >= 11 is 0. The first-order valence-electron chi connectivity index (χ1n) is 4.81. The molecule has 84 valence electrons. The Morgan fingerprint density at radius 3 is 2.44 bits per heavy atom. The molecule has 0 spiro atoms. The lowest BCUT2D eigenvalue weighted by Crippen LogP contribution is -2.07. The molecule has 1 rings (SSSR count). The minimum atomic E-state index is -0.474. The van der Waals surface area contributed by atoms with Crippen molar-refractivity contribution in [1.82, 2.24) is 0 Å². The summed E-state index contributed by atoms with van der Waals surface area (Å²) in [5, 5.41) is 8.96. The Labute approximate surface area is 94.4 Å². The topological polar surface area (TPSA) is 59.3 Å². The van der Waals surface area contributed by atoms with Crippen LogP contribution in [0.2, 0.25) is 0 Å². The number of hydrogen-bond donors (Lipinski definition) is 0. The molecule has 0 aliphatic heterocycles. The molecule has 1 aromatic carbocycles. The van der Waals surface area contributed by atoms with Gasteiger partial charge < -0.3 is 9.47 Å². The maximum absolute atomic E-state index is 11.1. The number of benzene rings is 1. The monoisotopic (exact) mass is 219 g/mol. The Hall–Kier alpha value is -2.02. The van der Waals surface area contributed by atoms with E-state index in [1.165, 1.54) is 7.11 Å². The van der Waals surface area contributed by atoms with Crippen LogP contribution in [0, 0.1) is 11.3 Å². The quantitative estimate of drug-likeness (QED) is 0.725. The number of esters is 1. The molecule has 0 amide bonds. The fourth-order valence-electron chi connectivity index (χ4n) is 1.32. The Kier molecular flexibility index (Phi) is 4.34. The first-order valence-corrected chi connectivity index (χ1v) is 4.81. The van der Waals surface area contributed by atoms with Gasteiger partial charge in [0.2, 0.25) is 0 Å². The first kappa shape index (κ1) is 12.1. The lowest BCUT2D eigenvalue weighted by Gasteiger charge is -2.08. The maximum Gasteiger partial charge on any atom is 0.307 e. The molecule has 0 radical (unpaired) electrons. The molecule has 1 unspecified atom stereocenters. The Morgan fingerprint density at radius 2 is 2.00 bits per heavy atom. The second kappa shape index (κ2) is 5.76. The van der Waals surface area contributed by atoms with Crippen molar-refractivity contribution in [2.45, 2.75) is 12.3 Å². The van der Waals surface area contributed by atoms with E-state index in [4.69, 9.17) is 10.00 Å². The van der Waals surface area contributed by atoms with Crippen molar-refractivity contribution in [2.24, 2.45) is 0 Å². The van der Waals surface area contributed by atoms with E-state index in [1.807, 2.05) is 0 Å². The van der Waals surface area contributed by atoms with Gasteiger partial charge in [0.05, 0.1) is 32.6 Å². The van der Waals surface area contributed by atoms with Crippen molar-refractivity contribution in [2.75, 3.05) is 14.2 Å². The van der Waals surface area contributed by atoms with E-state index in [-0.39, 0.29) is 12.4 Å². The Bertz CT molecular complexity index is 392. The zero-order valence-corrected chi connectivity index (χ0v) is 9.27. The average molecular weight is 219 g/mol. The zero-order chi connectivity index (χ0) is 12.0. The largest absolute Gasteiger partial charge is 0.497 e. The molecule has 0 fully saturated rings. The number of nitrogens with zero attached hydrogens (tertiary/aromatic N) is 1. The number of carbonyl (C=O) groups is 1. The highest BCUT2D eigenvalue weighted by Crippen LogP contribution is 2.21. The molecule has 16 heavy (non-hydrogen) atoms. The maximum atomic E-state index is 11.1. The van der Waals surface area contributed by atoms with Crippen LogP contribution in [0.15, 0.2) is 24.3 Å². The van der Waals surface area contributed by atoms with E-state index in [0.717, 1.165) is 11.3 Å². The highest BCUT2D eigenvalue weighted by Gasteiger charge is 2.15. The number of carbonyl (C=O) groups excluding carboxylic acids is 1. The number of methoxy groups -OCH3 is 2. The van der Waals surface area contributed by atoms with Crippen molar-refractivity contribution in [3.63, 3.8) is 0 Å². The zero-order valence-electron chi connectivity index (χ0n) is 9.27. The van der Waals surface area contributed by atoms with Gasteiger partial charge in [-0.05, 0) is 17.7 Å². The van der Waals surface area contributed by atoms with Crippen LogP contribution in [-0.4, -0.2) is 20.2 Å². The Balaban J connectivity index is 2.79. The van der Waals surface area contributed by atoms with Crippen LogP contribution in [0.3, 0.4) is 0 Å². The predicted molar refractivity (Wildman–Crippen MR) is 58.0 cm³/mol. The van der Waals surface area contributed by atoms with Gasteiger partial charge in [-0.2, -0.15) is 5.26 Å². The van der Waals surface area contributed by atoms with Gasteiger partial charge in [0, 0.05) is 0 Å². The van der Waals surface area contributed by atoms with E-state index in [1.54, 1.807) is 31.4 Å². The highest BCUT2D eigenvalue weighted by molar-refractivity contribution is 5.71. The summed E-state index contributed by atoms with van der Waals surface area (Å²) in [6.45, 7) is 0. The summed E-state index contributed by atoms with van der Waals surface area (Å²) in [6.07, 6.45) is 0.0688. The summed E-state index contributed by atoms with van der Waals surface area (Å²) in [7, 11) is 2.88. The lowest BCUT2D eigenvalue weighted by molar-refractivity contribution is -0.140. The molecule has 0 saturated carbocycles. The molecule has 0 saturated heterocycles. The van der Waals surface area contributed by atoms with Crippen molar-refractivity contribution < 1.29 is 14.3 Å². The molecular formula is C12H13NO3. The highest BCUT2D eigenvalue weighted by atomic mass is 16.5. The van der Waals surface area contributed by atoms with Gasteiger partial charge in [-0.3, -0.25) is 4.79 Å². The summed E-state index contributed by atoms with van der Waals surface area (Å²) in [4.78, 5) is 11.1. The molecule has 1 atom stereocenters. The van der Waals surface area contributed by atoms with Crippen molar-refractivity contribution in [3.8, 4) is 11.8 Å². The minimum absolute atomic E-state index is 0.0688. The van der Waals surface area contributed by atoms with Crippen LogP contribution in [0.5, 0.6) is 5.75 Å². The third-order valence-corrected chi connectivity index (χ3v) is 2.27. The fourth-order valence-corrected chi connectivity index (χ4v) is 1.32. The molecular weight excluding hydrogens is 206 g/mol. The number of hydrogen-bond acceptors (Lipinski definition) is 4. The van der Waals surface area contributed by atoms with E-state index >= 15 is 0 Å². The summed E-state index contributed by atoms with van der Waals surface area (Å²) in [5.41, 5.74) is 0.786. The van der Waals surface area contributed by atoms with E-state index < -0.39 is 5.92 Å². The van der Waals surface area contributed by atoms with Crippen LogP contribution in [0.25, 0.3) is 0 Å². The Morgan fingerprint density at radius 1 is 1.38 bits per heavy atom. The fraction of sp³-hybridized carbons (Fsp3) is 0.333. The van der Waals surface area contributed by atoms with E-state index in [0.29, 0.717) is 0 Å². The number of nitriles is 1. The summed E-state index contributed by atoms with van der Waals surface area (Å²) < 4.78 is 9.54. The molecule has 4 nitrogen and oxygen atoms in total. The van der Waals surface area contributed by atoms with Crippen LogP contribution in [0.4, 0.5) is 0 Å². The van der Waals surface area contributed by atoms with E-state index in [2.05, 4.69) is 10.8 Å². The lowest BCUT2D eigenvalue weighted by atomic mass is 9.97. The van der Waals surface area contributed by atoms with Crippen LogP contribution >= 0.6 is 0 Å². The van der Waals surface area contributed by atoms with Gasteiger partial charge in [0.25, 0.3) is 0 Å². The van der Waals surface area contributed by atoms with Gasteiger partial charge in [-0.15, -0.1) is 0 Å². The van der Waals surface area contributed by atoms with Gasteiger partial charge >= 0.3 is 5.97 Å². The normalized spacial score (nSPS) is 11.3. The van der Waals surface area contributed by atoms with Gasteiger partial charge in [-0.25, -0.2) is 0 Å². The molecule has 0 aliphatic rings. The summed E-state index contributed by atoms with van der Waals surface area (Å²) in [6, 6.07) is 9.15. The smallest absolute Gasteiger partial charge is 0.307 e. The van der Waals surface area contributed by atoms with Gasteiger partial charge in [0.15, 0.2) is 0 Å². The minimum Gasteiger partial charge on any atom is -0.497 e. The third-order valence-electron chi connectivity index (χ3n) is 2.27. The van der Waals surface area contributed by atoms with Crippen LogP contribution in [0.1, 0.15) is 17.9 Å². The van der Waals surface area contributed by atoms with Crippen LogP contribution in [-0.2, 0) is 9.53 Å². The molecule has 0 aliphatic carbocycles. The first-order chi connectivity index (χ1) is 7.71. The number of ether oxygens (including phenoxy) is 2. The van der Waals surface area contributed by atoms with E-state index in [9.17, 15) is 4.79 Å². The van der Waals surface area contributed by atoms with Gasteiger partial charge in [-0.1, -0.05) is 12.1 Å². The molecule has 0 heterocycles. The predicted octanol–water partition coefficient (Wildman–Crippen LogP) is 1.87.